The molecule has 194 valence electrons. The molecule has 0 fully saturated rings. The van der Waals surface area contributed by atoms with Crippen molar-refractivity contribution in [3.63, 3.8) is 0 Å². The molecule has 0 heterocycles. The number of hydrogen-bond donors (Lipinski definition) is 0. The van der Waals surface area contributed by atoms with E-state index >= 15 is 0 Å². The Hall–Kier alpha value is -4.01. The minimum absolute atomic E-state index is 0.791. The van der Waals surface area contributed by atoms with Gasteiger partial charge in [0.1, 0.15) is 23.0 Å². The van der Waals surface area contributed by atoms with Crippen LogP contribution >= 0.6 is 0 Å². The Morgan fingerprint density at radius 2 is 0.658 bits per heavy atom. The molecule has 0 aliphatic rings. The van der Waals surface area contributed by atoms with Crippen LogP contribution in [0.15, 0.2) is 110 Å². The molecule has 0 N–H and O–H groups in total. The van der Waals surface area contributed by atoms with Gasteiger partial charge >= 0.3 is 17.1 Å². The van der Waals surface area contributed by atoms with Crippen LogP contribution < -0.4 is 17.7 Å². The second-order valence-corrected chi connectivity index (χ2v) is 16.2. The minimum Gasteiger partial charge on any atom is -0.512 e. The largest absolute Gasteiger partial charge is 0.512 e. The molecule has 0 aliphatic heterocycles. The summed E-state index contributed by atoms with van der Waals surface area (Å²) >= 11 is 0. The van der Waals surface area contributed by atoms with E-state index in [4.69, 9.17) is 17.7 Å². The third kappa shape index (κ3) is 7.50. The Balaban J connectivity index is 1.35. The molecule has 0 amide bonds. The molecule has 0 spiro atoms. The van der Waals surface area contributed by atoms with E-state index in [1.54, 1.807) is 0 Å². The quantitative estimate of drug-likeness (QED) is 0.179. The SMILES string of the molecule is C=Cc1ccc(O[Si](C)(C)Oc2ccc(-c3ccc(O[Si](C)(C)Oc4ccc(C=C)cc4)cc3)cc2)cc1. The normalized spacial score (nSPS) is 11.4. The van der Waals surface area contributed by atoms with E-state index in [9.17, 15) is 0 Å². The first-order valence-electron chi connectivity index (χ1n) is 12.6. The van der Waals surface area contributed by atoms with E-state index in [1.807, 2.05) is 111 Å². The molecular formula is C32H34O4Si2. The van der Waals surface area contributed by atoms with Crippen LogP contribution in [0.2, 0.25) is 26.2 Å². The standard InChI is InChI=1S/C32H34O4Si2/c1-7-25-9-17-29(18-10-25)33-37(3,4)35-31-21-13-27(14-22-31)28-15-23-32(24-16-28)36-38(5,6)34-30-19-11-26(8-2)12-20-30/h7-24H,1-2H2,3-6H3. The molecule has 0 aromatic heterocycles. The number of hydrogen-bond acceptors (Lipinski definition) is 4. The van der Waals surface area contributed by atoms with Crippen molar-refractivity contribution in [3.8, 4) is 34.1 Å². The molecule has 4 nitrogen and oxygen atoms in total. The molecule has 6 heteroatoms. The minimum atomic E-state index is -2.43. The first-order valence-corrected chi connectivity index (χ1v) is 18.2. The predicted octanol–water partition coefficient (Wildman–Crippen LogP) is 8.96. The molecule has 0 saturated carbocycles. The summed E-state index contributed by atoms with van der Waals surface area (Å²) in [6, 6.07) is 31.9. The van der Waals surface area contributed by atoms with Gasteiger partial charge in [-0.3, -0.25) is 0 Å². The Morgan fingerprint density at radius 1 is 0.421 bits per heavy atom. The van der Waals surface area contributed by atoms with Crippen molar-refractivity contribution >= 4 is 29.3 Å². The van der Waals surface area contributed by atoms with E-state index < -0.39 is 17.1 Å². The molecule has 0 radical (unpaired) electrons. The zero-order valence-electron chi connectivity index (χ0n) is 22.4. The molecule has 4 rings (SSSR count). The lowest BCUT2D eigenvalue weighted by Crippen LogP contribution is -2.41. The van der Waals surface area contributed by atoms with Crippen LogP contribution in [0.5, 0.6) is 23.0 Å². The van der Waals surface area contributed by atoms with Gasteiger partial charge in [-0.15, -0.1) is 0 Å². The molecule has 4 aromatic rings. The fourth-order valence-electron chi connectivity index (χ4n) is 3.95. The lowest BCUT2D eigenvalue weighted by Gasteiger charge is -2.25. The molecule has 0 unspecified atom stereocenters. The monoisotopic (exact) mass is 538 g/mol. The first-order chi connectivity index (χ1) is 18.1. The van der Waals surface area contributed by atoms with E-state index in [2.05, 4.69) is 37.4 Å². The van der Waals surface area contributed by atoms with E-state index in [-0.39, 0.29) is 0 Å². The van der Waals surface area contributed by atoms with Crippen molar-refractivity contribution in [1.82, 2.24) is 0 Å². The average molecular weight is 539 g/mol. The Kier molecular flexibility index (Phi) is 8.24. The topological polar surface area (TPSA) is 36.9 Å². The fraction of sp³-hybridized carbons (Fsp3) is 0.125. The highest BCUT2D eigenvalue weighted by Gasteiger charge is 2.30. The summed E-state index contributed by atoms with van der Waals surface area (Å²) in [6.45, 7) is 15.7. The van der Waals surface area contributed by atoms with Gasteiger partial charge in [0.15, 0.2) is 0 Å². The summed E-state index contributed by atoms with van der Waals surface area (Å²) in [5, 5.41) is 0. The molecule has 4 aromatic carbocycles. The summed E-state index contributed by atoms with van der Waals surface area (Å²) in [6.07, 6.45) is 3.62. The Bertz CT molecular complexity index is 1250. The van der Waals surface area contributed by atoms with Crippen LogP contribution in [-0.2, 0) is 0 Å². The van der Waals surface area contributed by atoms with Gasteiger partial charge in [-0.2, -0.15) is 0 Å². The van der Waals surface area contributed by atoms with Gasteiger partial charge in [0, 0.05) is 26.2 Å². The second kappa shape index (κ2) is 11.6. The Morgan fingerprint density at radius 3 is 0.895 bits per heavy atom. The van der Waals surface area contributed by atoms with E-state index in [1.165, 1.54) is 0 Å². The van der Waals surface area contributed by atoms with E-state index in [0.717, 1.165) is 45.3 Å². The number of rotatable bonds is 11. The molecule has 0 atom stereocenters. The van der Waals surface area contributed by atoms with Crippen molar-refractivity contribution in [3.05, 3.63) is 121 Å². The summed E-state index contributed by atoms with van der Waals surface area (Å²) in [5.74, 6) is 3.18. The van der Waals surface area contributed by atoms with Crippen LogP contribution in [0.4, 0.5) is 0 Å². The fourth-order valence-corrected chi connectivity index (χ4v) is 6.85. The highest BCUT2D eigenvalue weighted by Crippen LogP contribution is 2.28. The summed E-state index contributed by atoms with van der Waals surface area (Å²) in [7, 11) is -4.85. The maximum absolute atomic E-state index is 6.25. The van der Waals surface area contributed by atoms with Crippen LogP contribution in [0.25, 0.3) is 23.3 Å². The third-order valence-electron chi connectivity index (χ3n) is 5.73. The van der Waals surface area contributed by atoms with Crippen molar-refractivity contribution in [2.45, 2.75) is 26.2 Å². The van der Waals surface area contributed by atoms with Gasteiger partial charge in [0.25, 0.3) is 0 Å². The maximum atomic E-state index is 6.25. The maximum Gasteiger partial charge on any atom is 0.454 e. The number of benzene rings is 4. The van der Waals surface area contributed by atoms with E-state index in [0.29, 0.717) is 0 Å². The highest BCUT2D eigenvalue weighted by molar-refractivity contribution is 6.66. The lowest BCUT2D eigenvalue weighted by molar-refractivity contribution is 0.398. The van der Waals surface area contributed by atoms with Crippen LogP contribution in [0.1, 0.15) is 11.1 Å². The van der Waals surface area contributed by atoms with Gasteiger partial charge in [-0.25, -0.2) is 0 Å². The van der Waals surface area contributed by atoms with Crippen molar-refractivity contribution in [2.24, 2.45) is 0 Å². The van der Waals surface area contributed by atoms with Gasteiger partial charge in [0.2, 0.25) is 0 Å². The van der Waals surface area contributed by atoms with Crippen LogP contribution in [0.3, 0.4) is 0 Å². The summed E-state index contributed by atoms with van der Waals surface area (Å²) < 4.78 is 24.9. The average Bonchev–Trinajstić information content (AvgIpc) is 2.89. The third-order valence-corrected chi connectivity index (χ3v) is 8.64. The van der Waals surface area contributed by atoms with Gasteiger partial charge in [0.05, 0.1) is 0 Å². The van der Waals surface area contributed by atoms with Gasteiger partial charge < -0.3 is 17.7 Å². The Labute approximate surface area is 228 Å². The first kappa shape index (κ1) is 27.0. The predicted molar refractivity (Wildman–Crippen MR) is 162 cm³/mol. The summed E-state index contributed by atoms with van der Waals surface area (Å²) in [5.41, 5.74) is 4.31. The van der Waals surface area contributed by atoms with Gasteiger partial charge in [-0.1, -0.05) is 73.8 Å². The zero-order chi connectivity index (χ0) is 27.2. The van der Waals surface area contributed by atoms with Crippen LogP contribution in [0, 0.1) is 0 Å². The van der Waals surface area contributed by atoms with Gasteiger partial charge in [-0.05, 0) is 70.8 Å². The molecule has 38 heavy (non-hydrogen) atoms. The highest BCUT2D eigenvalue weighted by atomic mass is 28.4. The van der Waals surface area contributed by atoms with Crippen molar-refractivity contribution in [1.29, 1.82) is 0 Å². The second-order valence-electron chi connectivity index (χ2n) is 9.80. The van der Waals surface area contributed by atoms with Crippen LogP contribution in [-0.4, -0.2) is 17.1 Å². The smallest absolute Gasteiger partial charge is 0.454 e. The molecular weight excluding hydrogens is 505 g/mol. The molecule has 0 saturated heterocycles. The van der Waals surface area contributed by atoms with Crippen molar-refractivity contribution in [2.75, 3.05) is 0 Å². The lowest BCUT2D eigenvalue weighted by atomic mass is 10.1. The van der Waals surface area contributed by atoms with Crippen molar-refractivity contribution < 1.29 is 17.7 Å². The molecule has 0 aliphatic carbocycles. The zero-order valence-corrected chi connectivity index (χ0v) is 24.4. The molecule has 0 bridgehead atoms. The summed E-state index contributed by atoms with van der Waals surface area (Å²) in [4.78, 5) is 0.